The lowest BCUT2D eigenvalue weighted by atomic mass is 10.00. The lowest BCUT2D eigenvalue weighted by Gasteiger charge is -2.37. The number of aromatic nitrogens is 1. The van der Waals surface area contributed by atoms with Crippen LogP contribution in [0.15, 0.2) is 65.4 Å². The van der Waals surface area contributed by atoms with Gasteiger partial charge in [0.05, 0.1) is 12.3 Å². The van der Waals surface area contributed by atoms with E-state index < -0.39 is 12.1 Å². The van der Waals surface area contributed by atoms with Crippen LogP contribution >= 0.6 is 0 Å². The first-order chi connectivity index (χ1) is 17.2. The molecule has 0 amide bonds. The Morgan fingerprint density at radius 1 is 1.03 bits per heavy atom. The monoisotopic (exact) mass is 501 g/mol. The molecule has 188 valence electrons. The fourth-order valence-electron chi connectivity index (χ4n) is 4.44. The number of carbonyl (C=O) groups excluding carboxylic acids is 1. The van der Waals surface area contributed by atoms with Gasteiger partial charge in [-0.05, 0) is 48.5 Å². The van der Waals surface area contributed by atoms with Gasteiger partial charge in [-0.15, -0.1) is 0 Å². The zero-order chi connectivity index (χ0) is 25.4. The fourth-order valence-corrected chi connectivity index (χ4v) is 4.44. The predicted octanol–water partition coefficient (Wildman–Crippen LogP) is 5.37. The van der Waals surface area contributed by atoms with Crippen LogP contribution in [0, 0.1) is 5.82 Å². The number of fused-ring (bicyclic) bond motifs is 1. The van der Waals surface area contributed by atoms with Crippen LogP contribution in [0.1, 0.15) is 17.4 Å². The fraction of sp³-hybridized carbons (Fsp3) is 0.269. The molecule has 2 aromatic heterocycles. The number of alkyl halides is 3. The molecule has 0 aliphatic carbocycles. The molecule has 6 nitrogen and oxygen atoms in total. The number of hydrogen-bond acceptors (Lipinski definition) is 5. The van der Waals surface area contributed by atoms with E-state index in [0.717, 1.165) is 31.7 Å². The number of aromatic amines is 1. The van der Waals surface area contributed by atoms with E-state index in [9.17, 15) is 22.4 Å². The molecule has 0 spiro atoms. The Labute approximate surface area is 204 Å². The lowest BCUT2D eigenvalue weighted by Crippen LogP contribution is -2.46. The first-order valence-electron chi connectivity index (χ1n) is 11.4. The summed E-state index contributed by atoms with van der Waals surface area (Å²) in [6, 6.07) is 13.1. The maximum atomic E-state index is 13.6. The summed E-state index contributed by atoms with van der Waals surface area (Å²) in [5.74, 6) is -2.15. The largest absolute Gasteiger partial charge is 0.491 e. The summed E-state index contributed by atoms with van der Waals surface area (Å²) in [5.41, 5.74) is 2.80. The van der Waals surface area contributed by atoms with Gasteiger partial charge in [0, 0.05) is 48.8 Å². The standard InChI is InChI=1S/C26H23F4N3O3/c1-32-8-10-33(11-9-32)24(16-2-5-19(27)6-3-16)22-13-18(15-35-22)17-4-7-21-20(12-17)23(14-31-21)36-25(34)26(28,29)30/h2-7,12-15,24,31H,8-11H2,1H3. The molecule has 5 rings (SSSR count). The van der Waals surface area contributed by atoms with Crippen molar-refractivity contribution in [2.24, 2.45) is 0 Å². The number of nitrogens with one attached hydrogen (secondary N) is 1. The van der Waals surface area contributed by atoms with Crippen molar-refractivity contribution < 1.29 is 31.5 Å². The van der Waals surface area contributed by atoms with Crippen molar-refractivity contribution in [3.8, 4) is 16.9 Å². The highest BCUT2D eigenvalue weighted by Crippen LogP contribution is 2.36. The molecule has 10 heteroatoms. The number of hydrogen-bond donors (Lipinski definition) is 1. The zero-order valence-corrected chi connectivity index (χ0v) is 19.3. The molecule has 4 aromatic rings. The van der Waals surface area contributed by atoms with Crippen LogP contribution in [-0.4, -0.2) is 60.2 Å². The van der Waals surface area contributed by atoms with Gasteiger partial charge in [-0.3, -0.25) is 4.90 Å². The molecule has 2 aromatic carbocycles. The second-order valence-corrected chi connectivity index (χ2v) is 8.83. The Morgan fingerprint density at radius 3 is 2.44 bits per heavy atom. The minimum absolute atomic E-state index is 0.209. The van der Waals surface area contributed by atoms with Gasteiger partial charge < -0.3 is 19.0 Å². The molecule has 1 aliphatic rings. The highest BCUT2D eigenvalue weighted by atomic mass is 19.4. The molecule has 1 fully saturated rings. The Bertz CT molecular complexity index is 1370. The Hall–Kier alpha value is -3.63. The molecule has 1 N–H and O–H groups in total. The van der Waals surface area contributed by atoms with Crippen molar-refractivity contribution in [3.05, 3.63) is 78.1 Å². The maximum Gasteiger partial charge on any atom is 0.491 e. The molecular formula is C26H23F4N3O3. The summed E-state index contributed by atoms with van der Waals surface area (Å²) in [5, 5.41) is 0.335. The molecule has 0 bridgehead atoms. The van der Waals surface area contributed by atoms with Gasteiger partial charge in [0.1, 0.15) is 11.6 Å². The number of furan rings is 1. The zero-order valence-electron chi connectivity index (χ0n) is 19.3. The number of esters is 1. The summed E-state index contributed by atoms with van der Waals surface area (Å²) >= 11 is 0. The normalized spacial score (nSPS) is 16.4. The number of rotatable bonds is 5. The molecule has 0 radical (unpaired) electrons. The smallest absolute Gasteiger partial charge is 0.467 e. The van der Waals surface area contributed by atoms with Crippen LogP contribution in [0.25, 0.3) is 22.0 Å². The van der Waals surface area contributed by atoms with E-state index in [1.807, 2.05) is 6.07 Å². The second kappa shape index (κ2) is 9.44. The van der Waals surface area contributed by atoms with Crippen LogP contribution in [0.2, 0.25) is 0 Å². The number of carbonyl (C=O) groups is 1. The molecule has 3 heterocycles. The van der Waals surface area contributed by atoms with E-state index in [0.29, 0.717) is 27.8 Å². The molecule has 1 aliphatic heterocycles. The summed E-state index contributed by atoms with van der Waals surface area (Å²) in [6.45, 7) is 3.37. The Morgan fingerprint density at radius 2 is 1.75 bits per heavy atom. The third-order valence-electron chi connectivity index (χ3n) is 6.39. The van der Waals surface area contributed by atoms with Gasteiger partial charge in [-0.2, -0.15) is 13.2 Å². The van der Waals surface area contributed by atoms with Gasteiger partial charge in [0.2, 0.25) is 0 Å². The summed E-state index contributed by atoms with van der Waals surface area (Å²) in [6.07, 6.45) is -2.30. The van der Waals surface area contributed by atoms with Gasteiger partial charge in [-0.25, -0.2) is 9.18 Å². The van der Waals surface area contributed by atoms with Crippen molar-refractivity contribution in [3.63, 3.8) is 0 Å². The SMILES string of the molecule is CN1CCN(C(c2ccc(F)cc2)c2cc(-c3ccc4[nH]cc(OC(=O)C(F)(F)F)c4c3)co2)CC1. The van der Waals surface area contributed by atoms with Crippen molar-refractivity contribution in [1.82, 2.24) is 14.8 Å². The minimum Gasteiger partial charge on any atom is -0.467 e. The van der Waals surface area contributed by atoms with Crippen LogP contribution in [0.4, 0.5) is 17.6 Å². The van der Waals surface area contributed by atoms with Crippen LogP contribution in [0.3, 0.4) is 0 Å². The highest BCUT2D eigenvalue weighted by molar-refractivity contribution is 5.92. The maximum absolute atomic E-state index is 13.6. The number of halogens is 4. The van der Waals surface area contributed by atoms with Gasteiger partial charge >= 0.3 is 12.1 Å². The van der Waals surface area contributed by atoms with Crippen molar-refractivity contribution in [2.45, 2.75) is 12.2 Å². The van der Waals surface area contributed by atoms with Gasteiger partial charge in [0.15, 0.2) is 5.75 Å². The first kappa shape index (κ1) is 24.1. The second-order valence-electron chi connectivity index (χ2n) is 8.83. The van der Waals surface area contributed by atoms with E-state index in [1.165, 1.54) is 18.3 Å². The molecular weight excluding hydrogens is 478 g/mol. The quantitative estimate of drug-likeness (QED) is 0.294. The number of piperazine rings is 1. The van der Waals surface area contributed by atoms with E-state index >= 15 is 0 Å². The van der Waals surface area contributed by atoms with E-state index in [1.54, 1.807) is 36.6 Å². The average molecular weight is 501 g/mol. The lowest BCUT2D eigenvalue weighted by molar-refractivity contribution is -0.189. The number of ether oxygens (including phenoxy) is 1. The summed E-state index contributed by atoms with van der Waals surface area (Å²) in [7, 11) is 2.06. The van der Waals surface area contributed by atoms with Gasteiger partial charge in [0.25, 0.3) is 0 Å². The first-order valence-corrected chi connectivity index (χ1v) is 11.4. The highest BCUT2D eigenvalue weighted by Gasteiger charge is 2.41. The van der Waals surface area contributed by atoms with E-state index in [4.69, 9.17) is 4.42 Å². The van der Waals surface area contributed by atoms with Crippen molar-refractivity contribution in [2.75, 3.05) is 33.2 Å². The average Bonchev–Trinajstić information content (AvgIpc) is 3.48. The van der Waals surface area contributed by atoms with E-state index in [2.05, 4.69) is 26.6 Å². The number of nitrogens with zero attached hydrogens (tertiary/aromatic N) is 2. The number of likely N-dealkylation sites (N-methyl/N-ethyl adjacent to an activating group) is 1. The molecule has 0 saturated carbocycles. The number of benzene rings is 2. The summed E-state index contributed by atoms with van der Waals surface area (Å²) < 4.78 is 62.2. The van der Waals surface area contributed by atoms with E-state index in [-0.39, 0.29) is 17.6 Å². The topological polar surface area (TPSA) is 61.7 Å². The molecule has 1 unspecified atom stereocenters. The molecule has 36 heavy (non-hydrogen) atoms. The van der Waals surface area contributed by atoms with Crippen molar-refractivity contribution >= 4 is 16.9 Å². The summed E-state index contributed by atoms with van der Waals surface area (Å²) in [4.78, 5) is 18.7. The number of H-pyrrole nitrogens is 1. The van der Waals surface area contributed by atoms with Crippen LogP contribution in [-0.2, 0) is 4.79 Å². The minimum atomic E-state index is -5.10. The van der Waals surface area contributed by atoms with Crippen LogP contribution < -0.4 is 4.74 Å². The molecule has 1 atom stereocenters. The molecule has 1 saturated heterocycles. The predicted molar refractivity (Wildman–Crippen MR) is 125 cm³/mol. The Kier molecular flexibility index (Phi) is 6.31. The van der Waals surface area contributed by atoms with Crippen LogP contribution in [0.5, 0.6) is 5.75 Å². The third kappa shape index (κ3) is 4.87. The van der Waals surface area contributed by atoms with Crippen molar-refractivity contribution in [1.29, 1.82) is 0 Å². The third-order valence-corrected chi connectivity index (χ3v) is 6.39. The van der Waals surface area contributed by atoms with Gasteiger partial charge in [-0.1, -0.05) is 18.2 Å². The Balaban J connectivity index is 1.47.